The summed E-state index contributed by atoms with van der Waals surface area (Å²) >= 11 is 0. The second kappa shape index (κ2) is 3.02. The summed E-state index contributed by atoms with van der Waals surface area (Å²) in [5.41, 5.74) is 2.65. The third-order valence-corrected chi connectivity index (χ3v) is 1.95. The van der Waals surface area contributed by atoms with Crippen LogP contribution in [0.3, 0.4) is 0 Å². The summed E-state index contributed by atoms with van der Waals surface area (Å²) in [6.07, 6.45) is 4.51. The van der Waals surface area contributed by atoms with E-state index in [1.807, 2.05) is 6.92 Å². The molecule has 0 amide bonds. The minimum absolute atomic E-state index is 0.269. The van der Waals surface area contributed by atoms with E-state index in [2.05, 4.69) is 26.0 Å². The maximum atomic E-state index is 5.46. The van der Waals surface area contributed by atoms with Crippen LogP contribution in [0.5, 0.6) is 0 Å². The Bertz CT molecular complexity index is 177. The molecule has 1 aliphatic rings. The summed E-state index contributed by atoms with van der Waals surface area (Å²) in [4.78, 5) is 0. The average Bonchev–Trinajstić information content (AvgIpc) is 2.34. The molecule has 0 aromatic heterocycles. The first kappa shape index (κ1) is 7.55. The molecule has 1 heterocycles. The van der Waals surface area contributed by atoms with Crippen molar-refractivity contribution < 1.29 is 4.74 Å². The summed E-state index contributed by atoms with van der Waals surface area (Å²) in [5, 5.41) is 0. The van der Waals surface area contributed by atoms with Crippen LogP contribution in [0.1, 0.15) is 20.8 Å². The highest BCUT2D eigenvalue weighted by atomic mass is 16.5. The molecule has 0 aromatic carbocycles. The van der Waals surface area contributed by atoms with Crippen LogP contribution in [0.25, 0.3) is 0 Å². The topological polar surface area (TPSA) is 9.23 Å². The van der Waals surface area contributed by atoms with Crippen molar-refractivity contribution in [1.29, 1.82) is 0 Å². The molecule has 0 aromatic rings. The lowest BCUT2D eigenvalue weighted by Gasteiger charge is -2.11. The van der Waals surface area contributed by atoms with E-state index in [0.29, 0.717) is 0 Å². The van der Waals surface area contributed by atoms with E-state index in [-0.39, 0.29) is 6.10 Å². The second-order valence-electron chi connectivity index (χ2n) is 2.69. The highest BCUT2D eigenvalue weighted by molar-refractivity contribution is 5.23. The van der Waals surface area contributed by atoms with Crippen LogP contribution in [-0.4, -0.2) is 12.7 Å². The minimum Gasteiger partial charge on any atom is -0.365 e. The first-order chi connectivity index (χ1) is 4.75. The van der Waals surface area contributed by atoms with Gasteiger partial charge in [-0.05, 0) is 31.9 Å². The fourth-order valence-corrected chi connectivity index (χ4v) is 1.16. The molecular formula is C9H14O. The van der Waals surface area contributed by atoms with Crippen LogP contribution in [0.4, 0.5) is 0 Å². The maximum Gasteiger partial charge on any atom is 0.0995 e. The van der Waals surface area contributed by atoms with Crippen LogP contribution in [0.15, 0.2) is 23.3 Å². The van der Waals surface area contributed by atoms with Gasteiger partial charge < -0.3 is 4.74 Å². The Hall–Kier alpha value is -0.560. The molecule has 10 heavy (non-hydrogen) atoms. The van der Waals surface area contributed by atoms with E-state index < -0.39 is 0 Å². The van der Waals surface area contributed by atoms with Crippen molar-refractivity contribution >= 4 is 0 Å². The van der Waals surface area contributed by atoms with Gasteiger partial charge in [-0.2, -0.15) is 0 Å². The fraction of sp³-hybridized carbons (Fsp3) is 0.556. The summed E-state index contributed by atoms with van der Waals surface area (Å²) in [6.45, 7) is 7.05. The molecule has 0 saturated carbocycles. The van der Waals surface area contributed by atoms with Crippen molar-refractivity contribution in [3.8, 4) is 0 Å². The van der Waals surface area contributed by atoms with Crippen molar-refractivity contribution in [2.75, 3.05) is 6.61 Å². The summed E-state index contributed by atoms with van der Waals surface area (Å²) in [7, 11) is 0. The Morgan fingerprint density at radius 1 is 1.80 bits per heavy atom. The molecule has 1 nitrogen and oxygen atoms in total. The molecule has 0 N–H and O–H groups in total. The van der Waals surface area contributed by atoms with Crippen LogP contribution < -0.4 is 0 Å². The van der Waals surface area contributed by atoms with Gasteiger partial charge in [0, 0.05) is 0 Å². The second-order valence-corrected chi connectivity index (χ2v) is 2.69. The molecule has 0 spiro atoms. The number of allylic oxidation sites excluding steroid dienone is 1. The van der Waals surface area contributed by atoms with E-state index >= 15 is 0 Å². The Morgan fingerprint density at radius 3 is 2.90 bits per heavy atom. The normalized spacial score (nSPS) is 26.9. The Kier molecular flexibility index (Phi) is 2.28. The average molecular weight is 138 g/mol. The van der Waals surface area contributed by atoms with Gasteiger partial charge in [-0.15, -0.1) is 0 Å². The standard InChI is InChI=1S/C9H14O/c1-4-7(2)9-8(3)5-6-10-9/h4-5,9H,6H2,1-3H3/t9-/m1/s1. The molecule has 1 aliphatic heterocycles. The fourth-order valence-electron chi connectivity index (χ4n) is 1.16. The van der Waals surface area contributed by atoms with Crippen LogP contribution in [-0.2, 0) is 4.74 Å². The van der Waals surface area contributed by atoms with Gasteiger partial charge in [0.2, 0.25) is 0 Å². The Balaban J connectivity index is 2.67. The van der Waals surface area contributed by atoms with E-state index in [1.165, 1.54) is 11.1 Å². The first-order valence-corrected chi connectivity index (χ1v) is 3.66. The van der Waals surface area contributed by atoms with Crippen LogP contribution in [0, 0.1) is 0 Å². The van der Waals surface area contributed by atoms with E-state index in [0.717, 1.165) is 6.61 Å². The van der Waals surface area contributed by atoms with Gasteiger partial charge in [-0.25, -0.2) is 0 Å². The molecule has 0 radical (unpaired) electrons. The molecule has 0 bridgehead atoms. The molecular weight excluding hydrogens is 124 g/mol. The van der Waals surface area contributed by atoms with Gasteiger partial charge in [0.25, 0.3) is 0 Å². The maximum absolute atomic E-state index is 5.46. The zero-order valence-electron chi connectivity index (χ0n) is 6.85. The molecule has 0 unspecified atom stereocenters. The van der Waals surface area contributed by atoms with Gasteiger partial charge in [0.05, 0.1) is 12.7 Å². The molecule has 0 aliphatic carbocycles. The number of ether oxygens (including phenoxy) is 1. The zero-order valence-corrected chi connectivity index (χ0v) is 6.85. The highest BCUT2D eigenvalue weighted by Gasteiger charge is 2.16. The Labute approximate surface area is 62.4 Å². The van der Waals surface area contributed by atoms with E-state index in [1.54, 1.807) is 0 Å². The zero-order chi connectivity index (χ0) is 7.56. The van der Waals surface area contributed by atoms with Crippen molar-refractivity contribution in [3.05, 3.63) is 23.3 Å². The largest absolute Gasteiger partial charge is 0.365 e. The van der Waals surface area contributed by atoms with E-state index in [4.69, 9.17) is 4.74 Å². The summed E-state index contributed by atoms with van der Waals surface area (Å²) < 4.78 is 5.46. The first-order valence-electron chi connectivity index (χ1n) is 3.66. The van der Waals surface area contributed by atoms with Gasteiger partial charge in [0.15, 0.2) is 0 Å². The number of hydrogen-bond acceptors (Lipinski definition) is 1. The number of hydrogen-bond donors (Lipinski definition) is 0. The third-order valence-electron chi connectivity index (χ3n) is 1.95. The SMILES string of the molecule is CC=C(C)[C@H]1OCC=C1C. The molecule has 1 heteroatoms. The Morgan fingerprint density at radius 2 is 2.50 bits per heavy atom. The lowest BCUT2D eigenvalue weighted by molar-refractivity contribution is 0.147. The van der Waals surface area contributed by atoms with Crippen molar-refractivity contribution in [1.82, 2.24) is 0 Å². The van der Waals surface area contributed by atoms with Gasteiger partial charge >= 0.3 is 0 Å². The molecule has 56 valence electrons. The van der Waals surface area contributed by atoms with Gasteiger partial charge in [-0.1, -0.05) is 12.2 Å². The van der Waals surface area contributed by atoms with Gasteiger partial charge in [0.1, 0.15) is 0 Å². The minimum atomic E-state index is 0.269. The lowest BCUT2D eigenvalue weighted by atomic mass is 10.1. The lowest BCUT2D eigenvalue weighted by Crippen LogP contribution is -2.09. The van der Waals surface area contributed by atoms with Gasteiger partial charge in [-0.3, -0.25) is 0 Å². The smallest absolute Gasteiger partial charge is 0.0995 e. The van der Waals surface area contributed by atoms with Crippen molar-refractivity contribution in [2.45, 2.75) is 26.9 Å². The predicted molar refractivity (Wildman–Crippen MR) is 42.9 cm³/mol. The van der Waals surface area contributed by atoms with Crippen LogP contribution >= 0.6 is 0 Å². The monoisotopic (exact) mass is 138 g/mol. The molecule has 0 fully saturated rings. The molecule has 1 rings (SSSR count). The van der Waals surface area contributed by atoms with E-state index in [9.17, 15) is 0 Å². The summed E-state index contributed by atoms with van der Waals surface area (Å²) in [6, 6.07) is 0. The van der Waals surface area contributed by atoms with Crippen molar-refractivity contribution in [3.63, 3.8) is 0 Å². The summed E-state index contributed by atoms with van der Waals surface area (Å²) in [5.74, 6) is 0. The quantitative estimate of drug-likeness (QED) is 0.505. The predicted octanol–water partition coefficient (Wildman–Crippen LogP) is 2.30. The molecule has 1 atom stereocenters. The van der Waals surface area contributed by atoms with Crippen molar-refractivity contribution in [2.24, 2.45) is 0 Å². The highest BCUT2D eigenvalue weighted by Crippen LogP contribution is 2.20. The molecule has 0 saturated heterocycles. The number of rotatable bonds is 1. The van der Waals surface area contributed by atoms with Crippen LogP contribution in [0.2, 0.25) is 0 Å². The third kappa shape index (κ3) is 1.29.